The number of ether oxygens (including phenoxy) is 2. The van der Waals surface area contributed by atoms with Crippen LogP contribution in [0.4, 0.5) is 4.39 Å². The predicted molar refractivity (Wildman–Crippen MR) is 39.2 cm³/mol. The smallest absolute Gasteiger partial charge is 0.133 e. The van der Waals surface area contributed by atoms with E-state index in [1.165, 1.54) is 0 Å². The van der Waals surface area contributed by atoms with E-state index >= 15 is 0 Å². The zero-order valence-electron chi connectivity index (χ0n) is 5.56. The van der Waals surface area contributed by atoms with Gasteiger partial charge in [-0.15, -0.1) is 0 Å². The first-order valence-electron chi connectivity index (χ1n) is 3.22. The number of rotatable bonds is 5. The monoisotopic (exact) mass is 212 g/mol. The van der Waals surface area contributed by atoms with Crippen molar-refractivity contribution in [1.82, 2.24) is 0 Å². The Hall–Kier alpha value is 0.330. The summed E-state index contributed by atoms with van der Waals surface area (Å²) in [6.45, 7) is 1.48. The Bertz CT molecular complexity index is 97.7. The molecule has 2 nitrogen and oxygen atoms in total. The summed E-state index contributed by atoms with van der Waals surface area (Å²) in [5, 5.41) is 0.346. The highest BCUT2D eigenvalue weighted by Crippen LogP contribution is 2.09. The lowest BCUT2D eigenvalue weighted by Gasteiger charge is -2.03. The molecule has 0 aromatic carbocycles. The lowest BCUT2D eigenvalue weighted by molar-refractivity contribution is 0.0779. The number of hydrogen-bond acceptors (Lipinski definition) is 2. The maximum atomic E-state index is 12.4. The van der Waals surface area contributed by atoms with Gasteiger partial charge in [0.05, 0.1) is 19.8 Å². The zero-order chi connectivity index (χ0) is 7.40. The molecule has 0 aromatic heterocycles. The molecule has 10 heavy (non-hydrogen) atoms. The van der Waals surface area contributed by atoms with Crippen molar-refractivity contribution in [3.05, 3.63) is 0 Å². The summed E-state index contributed by atoms with van der Waals surface area (Å²) in [6.07, 6.45) is -0.652. The van der Waals surface area contributed by atoms with Crippen LogP contribution in [0.15, 0.2) is 0 Å². The maximum Gasteiger partial charge on any atom is 0.133 e. The van der Waals surface area contributed by atoms with Crippen molar-refractivity contribution < 1.29 is 13.9 Å². The molecule has 2 atom stereocenters. The van der Waals surface area contributed by atoms with Crippen molar-refractivity contribution in [2.75, 3.05) is 25.2 Å². The molecule has 1 saturated heterocycles. The molecule has 0 aliphatic carbocycles. The van der Waals surface area contributed by atoms with Crippen LogP contribution >= 0.6 is 15.9 Å². The van der Waals surface area contributed by atoms with Crippen LogP contribution in [0.2, 0.25) is 0 Å². The van der Waals surface area contributed by atoms with E-state index in [9.17, 15) is 4.39 Å². The van der Waals surface area contributed by atoms with Gasteiger partial charge in [0.2, 0.25) is 0 Å². The van der Waals surface area contributed by atoms with Crippen molar-refractivity contribution in [1.29, 1.82) is 0 Å². The summed E-state index contributed by atoms with van der Waals surface area (Å²) >= 11 is 3.01. The molecule has 0 bridgehead atoms. The van der Waals surface area contributed by atoms with Crippen LogP contribution in [0.3, 0.4) is 0 Å². The van der Waals surface area contributed by atoms with Gasteiger partial charge in [-0.25, -0.2) is 4.39 Å². The normalized spacial score (nSPS) is 26.4. The van der Waals surface area contributed by atoms with Gasteiger partial charge >= 0.3 is 0 Å². The largest absolute Gasteiger partial charge is 0.376 e. The topological polar surface area (TPSA) is 21.8 Å². The predicted octanol–water partition coefficient (Wildman–Crippen LogP) is 1.13. The highest BCUT2D eigenvalue weighted by molar-refractivity contribution is 9.09. The molecule has 1 aliphatic rings. The Kier molecular flexibility index (Phi) is 3.59. The molecule has 1 heterocycles. The fourth-order valence-electron chi connectivity index (χ4n) is 0.536. The molecule has 2 unspecified atom stereocenters. The maximum absolute atomic E-state index is 12.4. The van der Waals surface area contributed by atoms with E-state index in [0.29, 0.717) is 11.9 Å². The SMILES string of the molecule is FC(CBr)COCC1CO1. The quantitative estimate of drug-likeness (QED) is 0.504. The van der Waals surface area contributed by atoms with E-state index in [1.54, 1.807) is 0 Å². The fourth-order valence-corrected chi connectivity index (χ4v) is 0.723. The Morgan fingerprint density at radius 3 is 3.00 bits per heavy atom. The van der Waals surface area contributed by atoms with E-state index in [1.807, 2.05) is 0 Å². The molecule has 1 rings (SSSR count). The molecule has 60 valence electrons. The van der Waals surface area contributed by atoms with Crippen LogP contribution in [-0.2, 0) is 9.47 Å². The molecule has 1 fully saturated rings. The molecule has 0 N–H and O–H groups in total. The average molecular weight is 213 g/mol. The number of hydrogen-bond donors (Lipinski definition) is 0. The lowest BCUT2D eigenvalue weighted by Crippen LogP contribution is -2.14. The summed E-state index contributed by atoms with van der Waals surface area (Å²) in [6, 6.07) is 0. The minimum Gasteiger partial charge on any atom is -0.376 e. The van der Waals surface area contributed by atoms with Crippen molar-refractivity contribution in [3.63, 3.8) is 0 Å². The van der Waals surface area contributed by atoms with E-state index in [2.05, 4.69) is 15.9 Å². The number of epoxide rings is 1. The summed E-state index contributed by atoms with van der Waals surface area (Å²) in [5.74, 6) is 0. The Balaban J connectivity index is 1.83. The van der Waals surface area contributed by atoms with Crippen LogP contribution in [0.5, 0.6) is 0 Å². The summed E-state index contributed by atoms with van der Waals surface area (Å²) in [4.78, 5) is 0. The molecule has 0 radical (unpaired) electrons. The van der Waals surface area contributed by atoms with Gasteiger partial charge in [-0.3, -0.25) is 0 Å². The molecule has 4 heteroatoms. The lowest BCUT2D eigenvalue weighted by atomic mass is 10.5. The third kappa shape index (κ3) is 3.49. The van der Waals surface area contributed by atoms with Crippen molar-refractivity contribution in [2.45, 2.75) is 12.3 Å². The second kappa shape index (κ2) is 4.26. The van der Waals surface area contributed by atoms with Crippen LogP contribution in [0, 0.1) is 0 Å². The van der Waals surface area contributed by atoms with Gasteiger partial charge in [0.25, 0.3) is 0 Å². The van der Waals surface area contributed by atoms with Crippen LogP contribution in [0.1, 0.15) is 0 Å². The van der Waals surface area contributed by atoms with E-state index < -0.39 is 6.17 Å². The fraction of sp³-hybridized carbons (Fsp3) is 1.00. The van der Waals surface area contributed by atoms with E-state index in [0.717, 1.165) is 6.61 Å². The van der Waals surface area contributed by atoms with Crippen molar-refractivity contribution >= 4 is 15.9 Å². The van der Waals surface area contributed by atoms with Gasteiger partial charge in [0.15, 0.2) is 0 Å². The molecule has 0 amide bonds. The summed E-state index contributed by atoms with van der Waals surface area (Å²) < 4.78 is 22.2. The van der Waals surface area contributed by atoms with Gasteiger partial charge in [0.1, 0.15) is 12.3 Å². The third-order valence-corrected chi connectivity index (χ3v) is 1.87. The van der Waals surface area contributed by atoms with Gasteiger partial charge in [-0.05, 0) is 0 Å². The molecule has 0 aromatic rings. The highest BCUT2D eigenvalue weighted by atomic mass is 79.9. The Morgan fingerprint density at radius 2 is 2.50 bits per heavy atom. The first-order valence-corrected chi connectivity index (χ1v) is 4.34. The summed E-state index contributed by atoms with van der Waals surface area (Å²) in [5.41, 5.74) is 0. The minimum atomic E-state index is -0.890. The van der Waals surface area contributed by atoms with Crippen LogP contribution in [0.25, 0.3) is 0 Å². The van der Waals surface area contributed by atoms with Crippen molar-refractivity contribution in [3.8, 4) is 0 Å². The second-order valence-electron chi connectivity index (χ2n) is 2.24. The van der Waals surface area contributed by atoms with Crippen molar-refractivity contribution in [2.24, 2.45) is 0 Å². The average Bonchev–Trinajstić information content (AvgIpc) is 2.71. The van der Waals surface area contributed by atoms with Gasteiger partial charge in [-0.2, -0.15) is 0 Å². The first-order chi connectivity index (χ1) is 4.83. The second-order valence-corrected chi connectivity index (χ2v) is 2.89. The van der Waals surface area contributed by atoms with Crippen LogP contribution in [-0.4, -0.2) is 37.4 Å². The molecule has 1 aliphatic heterocycles. The number of halogens is 2. The van der Waals surface area contributed by atoms with Gasteiger partial charge < -0.3 is 9.47 Å². The Labute approximate surface area is 67.8 Å². The minimum absolute atomic E-state index is 0.172. The highest BCUT2D eigenvalue weighted by Gasteiger charge is 2.22. The molecule has 0 spiro atoms. The third-order valence-electron chi connectivity index (χ3n) is 1.17. The van der Waals surface area contributed by atoms with Gasteiger partial charge in [-0.1, -0.05) is 15.9 Å². The van der Waals surface area contributed by atoms with E-state index in [-0.39, 0.29) is 12.7 Å². The Morgan fingerprint density at radius 1 is 1.80 bits per heavy atom. The first kappa shape index (κ1) is 8.43. The molecular weight excluding hydrogens is 203 g/mol. The molecule has 0 saturated carbocycles. The zero-order valence-corrected chi connectivity index (χ0v) is 7.14. The number of alkyl halides is 2. The van der Waals surface area contributed by atoms with Crippen LogP contribution < -0.4 is 0 Å². The van der Waals surface area contributed by atoms with E-state index in [4.69, 9.17) is 9.47 Å². The molecular formula is C6H10BrFO2. The van der Waals surface area contributed by atoms with Gasteiger partial charge in [0, 0.05) is 5.33 Å². The standard InChI is InChI=1S/C6H10BrFO2/c7-1-5(8)2-9-3-6-4-10-6/h5-6H,1-4H2. The summed E-state index contributed by atoms with van der Waals surface area (Å²) in [7, 11) is 0.